The summed E-state index contributed by atoms with van der Waals surface area (Å²) in [6, 6.07) is 5.70. The Labute approximate surface area is 126 Å². The standard InChI is InChI=1S/C17H13FN2O2/c1-10-8-16(21)20-15-9-11(6-7-12(10)15)19-17(22)13-4-2-3-5-14(13)18/h2-9,12H,1H3,(H,20,21). The fraction of sp³-hybridized carbons (Fsp3) is 0.118. The van der Waals surface area contributed by atoms with Gasteiger partial charge in [-0.15, -0.1) is 0 Å². The van der Waals surface area contributed by atoms with E-state index in [2.05, 4.69) is 10.3 Å². The minimum absolute atomic E-state index is 0.0137. The lowest BCUT2D eigenvalue weighted by atomic mass is 9.89. The van der Waals surface area contributed by atoms with Gasteiger partial charge in [-0.05, 0) is 31.2 Å². The fourth-order valence-electron chi connectivity index (χ4n) is 2.46. The van der Waals surface area contributed by atoms with Crippen LogP contribution in [-0.2, 0) is 4.79 Å². The number of rotatable bonds is 1. The van der Waals surface area contributed by atoms with Gasteiger partial charge in [0.25, 0.3) is 5.91 Å². The number of amides is 2. The second-order valence-electron chi connectivity index (χ2n) is 5.14. The Bertz CT molecular complexity index is 788. The molecule has 0 saturated heterocycles. The summed E-state index contributed by atoms with van der Waals surface area (Å²) < 4.78 is 13.6. The molecule has 0 aromatic heterocycles. The van der Waals surface area contributed by atoms with Gasteiger partial charge in [0.1, 0.15) is 5.82 Å². The number of carbonyl (C=O) groups excluding carboxylic acids is 2. The van der Waals surface area contributed by atoms with Crippen molar-refractivity contribution in [2.24, 2.45) is 10.9 Å². The second-order valence-corrected chi connectivity index (χ2v) is 5.14. The van der Waals surface area contributed by atoms with Gasteiger partial charge in [0.05, 0.1) is 11.3 Å². The van der Waals surface area contributed by atoms with Crippen LogP contribution in [-0.4, -0.2) is 17.5 Å². The molecule has 1 atom stereocenters. The number of fused-ring (bicyclic) bond motifs is 1. The quantitative estimate of drug-likeness (QED) is 0.866. The molecular weight excluding hydrogens is 283 g/mol. The van der Waals surface area contributed by atoms with E-state index in [1.165, 1.54) is 18.2 Å². The highest BCUT2D eigenvalue weighted by Crippen LogP contribution is 2.26. The van der Waals surface area contributed by atoms with Crippen LogP contribution in [0, 0.1) is 11.7 Å². The third-order valence-electron chi connectivity index (χ3n) is 3.55. The van der Waals surface area contributed by atoms with Crippen LogP contribution in [0.4, 0.5) is 4.39 Å². The predicted octanol–water partition coefficient (Wildman–Crippen LogP) is 2.55. The molecule has 0 spiro atoms. The van der Waals surface area contributed by atoms with Crippen molar-refractivity contribution in [2.45, 2.75) is 6.92 Å². The van der Waals surface area contributed by atoms with Crippen LogP contribution in [0.15, 0.2) is 64.8 Å². The zero-order valence-electron chi connectivity index (χ0n) is 11.8. The number of hydrogen-bond acceptors (Lipinski definition) is 2. The van der Waals surface area contributed by atoms with Crippen molar-refractivity contribution < 1.29 is 14.0 Å². The van der Waals surface area contributed by atoms with Gasteiger partial charge in [-0.3, -0.25) is 9.59 Å². The minimum atomic E-state index is -0.651. The van der Waals surface area contributed by atoms with Crippen molar-refractivity contribution in [3.05, 3.63) is 71.2 Å². The number of allylic oxidation sites excluding steroid dienone is 3. The summed E-state index contributed by atoms with van der Waals surface area (Å²) in [4.78, 5) is 27.5. The number of aliphatic imine (C=N–C) groups is 1. The van der Waals surface area contributed by atoms with Gasteiger partial charge < -0.3 is 5.32 Å². The van der Waals surface area contributed by atoms with Gasteiger partial charge in [-0.25, -0.2) is 9.38 Å². The molecule has 0 radical (unpaired) electrons. The summed E-state index contributed by atoms with van der Waals surface area (Å²) in [5, 5.41) is 2.73. The lowest BCUT2D eigenvalue weighted by Gasteiger charge is -2.25. The van der Waals surface area contributed by atoms with Crippen LogP contribution in [0.3, 0.4) is 0 Å². The first-order chi connectivity index (χ1) is 10.5. The third-order valence-corrected chi connectivity index (χ3v) is 3.55. The zero-order valence-corrected chi connectivity index (χ0v) is 11.8. The number of hydrogen-bond donors (Lipinski definition) is 1. The topological polar surface area (TPSA) is 58.5 Å². The van der Waals surface area contributed by atoms with E-state index in [0.29, 0.717) is 11.4 Å². The molecule has 2 amide bonds. The average molecular weight is 296 g/mol. The van der Waals surface area contributed by atoms with Gasteiger partial charge in [0.15, 0.2) is 0 Å². The van der Waals surface area contributed by atoms with Crippen LogP contribution in [0.1, 0.15) is 17.3 Å². The number of nitrogens with zero attached hydrogens (tertiary/aromatic N) is 1. The molecule has 22 heavy (non-hydrogen) atoms. The zero-order chi connectivity index (χ0) is 15.7. The van der Waals surface area contributed by atoms with Gasteiger partial charge in [0, 0.05) is 17.7 Å². The lowest BCUT2D eigenvalue weighted by molar-refractivity contribution is -0.116. The van der Waals surface area contributed by atoms with E-state index in [9.17, 15) is 14.0 Å². The largest absolute Gasteiger partial charge is 0.325 e. The van der Waals surface area contributed by atoms with E-state index in [-0.39, 0.29) is 17.4 Å². The van der Waals surface area contributed by atoms with Crippen LogP contribution in [0.2, 0.25) is 0 Å². The maximum absolute atomic E-state index is 13.6. The highest BCUT2D eigenvalue weighted by atomic mass is 19.1. The molecule has 0 saturated carbocycles. The molecule has 1 aliphatic carbocycles. The Morgan fingerprint density at radius 2 is 2.05 bits per heavy atom. The van der Waals surface area contributed by atoms with E-state index >= 15 is 0 Å². The molecule has 1 aromatic carbocycles. The first-order valence-corrected chi connectivity index (χ1v) is 6.81. The Morgan fingerprint density at radius 1 is 1.27 bits per heavy atom. The van der Waals surface area contributed by atoms with Crippen LogP contribution in [0.25, 0.3) is 0 Å². The second kappa shape index (κ2) is 5.52. The molecule has 3 rings (SSSR count). The monoisotopic (exact) mass is 296 g/mol. The van der Waals surface area contributed by atoms with Crippen LogP contribution >= 0.6 is 0 Å². The molecule has 5 heteroatoms. The smallest absolute Gasteiger partial charge is 0.280 e. The van der Waals surface area contributed by atoms with Gasteiger partial charge in [0.2, 0.25) is 5.91 Å². The summed E-state index contributed by atoms with van der Waals surface area (Å²) in [5.41, 5.74) is 1.90. The number of nitrogens with one attached hydrogen (secondary N) is 1. The molecule has 4 nitrogen and oxygen atoms in total. The SMILES string of the molecule is CC1=CC(=O)NC2=CC(=NC(=O)c3ccccc3F)C=CC12. The van der Waals surface area contributed by atoms with E-state index < -0.39 is 11.7 Å². The van der Waals surface area contributed by atoms with E-state index in [1.54, 1.807) is 24.3 Å². The number of benzene rings is 1. The van der Waals surface area contributed by atoms with Crippen molar-refractivity contribution in [3.63, 3.8) is 0 Å². The molecule has 1 aromatic rings. The maximum Gasteiger partial charge on any atom is 0.280 e. The Kier molecular flexibility index (Phi) is 3.55. The fourth-order valence-corrected chi connectivity index (χ4v) is 2.46. The highest BCUT2D eigenvalue weighted by Gasteiger charge is 2.24. The van der Waals surface area contributed by atoms with Crippen molar-refractivity contribution in [3.8, 4) is 0 Å². The highest BCUT2D eigenvalue weighted by molar-refractivity contribution is 6.14. The average Bonchev–Trinajstić information content (AvgIpc) is 2.47. The van der Waals surface area contributed by atoms with E-state index in [0.717, 1.165) is 5.57 Å². The number of halogens is 1. The van der Waals surface area contributed by atoms with Gasteiger partial charge in [-0.1, -0.05) is 23.8 Å². The lowest BCUT2D eigenvalue weighted by Crippen LogP contribution is -2.32. The predicted molar refractivity (Wildman–Crippen MR) is 80.8 cm³/mol. The Morgan fingerprint density at radius 3 is 2.82 bits per heavy atom. The summed E-state index contributed by atoms with van der Waals surface area (Å²) >= 11 is 0. The summed E-state index contributed by atoms with van der Waals surface area (Å²) in [5.74, 6) is -1.47. The van der Waals surface area contributed by atoms with E-state index in [4.69, 9.17) is 0 Å². The molecule has 0 bridgehead atoms. The van der Waals surface area contributed by atoms with Crippen molar-refractivity contribution in [1.82, 2.24) is 5.32 Å². The first kappa shape index (κ1) is 14.1. The third kappa shape index (κ3) is 2.65. The Hall–Kier alpha value is -2.82. The maximum atomic E-state index is 13.6. The van der Waals surface area contributed by atoms with Gasteiger partial charge in [-0.2, -0.15) is 0 Å². The molecule has 1 heterocycles. The summed E-state index contributed by atoms with van der Waals surface area (Å²) in [6.45, 7) is 1.87. The summed E-state index contributed by atoms with van der Waals surface area (Å²) in [6.07, 6.45) is 6.73. The molecule has 1 N–H and O–H groups in total. The molecule has 1 aliphatic heterocycles. The van der Waals surface area contributed by atoms with Crippen molar-refractivity contribution in [2.75, 3.05) is 0 Å². The van der Waals surface area contributed by atoms with Crippen molar-refractivity contribution in [1.29, 1.82) is 0 Å². The molecule has 1 unspecified atom stereocenters. The Balaban J connectivity index is 1.90. The van der Waals surface area contributed by atoms with Crippen LogP contribution in [0.5, 0.6) is 0 Å². The molecule has 0 fully saturated rings. The number of carbonyl (C=O) groups is 2. The van der Waals surface area contributed by atoms with Crippen molar-refractivity contribution >= 4 is 17.5 Å². The summed E-state index contributed by atoms with van der Waals surface area (Å²) in [7, 11) is 0. The van der Waals surface area contributed by atoms with Gasteiger partial charge >= 0.3 is 0 Å². The molecular formula is C17H13FN2O2. The first-order valence-electron chi connectivity index (χ1n) is 6.81. The minimum Gasteiger partial charge on any atom is -0.325 e. The van der Waals surface area contributed by atoms with E-state index in [1.807, 2.05) is 13.0 Å². The van der Waals surface area contributed by atoms with Crippen LogP contribution < -0.4 is 5.32 Å². The molecule has 2 aliphatic rings. The molecule has 110 valence electrons. The normalized spacial score (nSPS) is 21.8.